The first kappa shape index (κ1) is 11.8. The highest BCUT2D eigenvalue weighted by molar-refractivity contribution is 5.84. The maximum absolute atomic E-state index is 10.5. The second-order valence-electron chi connectivity index (χ2n) is 3.33. The van der Waals surface area contributed by atoms with E-state index in [9.17, 15) is 4.79 Å². The molecule has 0 bridgehead atoms. The molecular weight excluding hydrogens is 196 g/mol. The van der Waals surface area contributed by atoms with Crippen LogP contribution in [0.1, 0.15) is 42.5 Å². The lowest BCUT2D eigenvalue weighted by atomic mass is 10.3. The van der Waals surface area contributed by atoms with Crippen LogP contribution >= 0.6 is 0 Å². The van der Waals surface area contributed by atoms with Gasteiger partial charge in [0.2, 0.25) is 5.76 Å². The maximum Gasteiger partial charge on any atom is 0.371 e. The highest BCUT2D eigenvalue weighted by Crippen LogP contribution is 2.09. The minimum atomic E-state index is -1.05. The van der Waals surface area contributed by atoms with Crippen LogP contribution in [-0.2, 0) is 11.3 Å². The van der Waals surface area contributed by atoms with Crippen molar-refractivity contribution in [3.05, 3.63) is 23.7 Å². The first-order chi connectivity index (χ1) is 7.24. The highest BCUT2D eigenvalue weighted by Gasteiger charge is 2.08. The van der Waals surface area contributed by atoms with Gasteiger partial charge < -0.3 is 14.3 Å². The van der Waals surface area contributed by atoms with Crippen molar-refractivity contribution >= 4 is 5.97 Å². The fraction of sp³-hybridized carbons (Fsp3) is 0.545. The molecule has 4 nitrogen and oxygen atoms in total. The van der Waals surface area contributed by atoms with Gasteiger partial charge in [0.05, 0.1) is 0 Å². The molecule has 1 aromatic rings. The predicted molar refractivity (Wildman–Crippen MR) is 54.8 cm³/mol. The van der Waals surface area contributed by atoms with Gasteiger partial charge in [0.25, 0.3) is 0 Å². The molecule has 0 unspecified atom stereocenters. The van der Waals surface area contributed by atoms with E-state index in [1.807, 2.05) is 0 Å². The Morgan fingerprint density at radius 3 is 2.87 bits per heavy atom. The molecule has 0 fully saturated rings. The third-order valence-corrected chi connectivity index (χ3v) is 2.01. The molecule has 1 N–H and O–H groups in total. The summed E-state index contributed by atoms with van der Waals surface area (Å²) in [5.74, 6) is -0.529. The molecule has 1 heterocycles. The van der Waals surface area contributed by atoms with Crippen molar-refractivity contribution in [3.63, 3.8) is 0 Å². The van der Waals surface area contributed by atoms with Crippen molar-refractivity contribution < 1.29 is 19.1 Å². The van der Waals surface area contributed by atoms with Crippen LogP contribution in [0.3, 0.4) is 0 Å². The second-order valence-corrected chi connectivity index (χ2v) is 3.33. The zero-order valence-corrected chi connectivity index (χ0v) is 8.86. The highest BCUT2D eigenvalue weighted by atomic mass is 16.5. The molecule has 15 heavy (non-hydrogen) atoms. The molecule has 0 atom stereocenters. The molecule has 0 aliphatic carbocycles. The average molecular weight is 212 g/mol. The van der Waals surface area contributed by atoms with Gasteiger partial charge in [-0.3, -0.25) is 0 Å². The van der Waals surface area contributed by atoms with E-state index in [4.69, 9.17) is 14.3 Å². The molecule has 0 saturated carbocycles. The van der Waals surface area contributed by atoms with Crippen molar-refractivity contribution in [3.8, 4) is 0 Å². The Kier molecular flexibility index (Phi) is 4.90. The number of carboxylic acid groups (broad SMARTS) is 1. The smallest absolute Gasteiger partial charge is 0.371 e. The number of hydrogen-bond donors (Lipinski definition) is 1. The largest absolute Gasteiger partial charge is 0.475 e. The average Bonchev–Trinajstić information content (AvgIpc) is 2.66. The number of aromatic carboxylic acids is 1. The molecule has 84 valence electrons. The summed E-state index contributed by atoms with van der Waals surface area (Å²) in [6.45, 7) is 3.17. The Balaban J connectivity index is 2.23. The minimum Gasteiger partial charge on any atom is -0.475 e. The summed E-state index contributed by atoms with van der Waals surface area (Å²) >= 11 is 0. The molecule has 0 spiro atoms. The van der Waals surface area contributed by atoms with Crippen LogP contribution in [0.2, 0.25) is 0 Å². The number of ether oxygens (including phenoxy) is 1. The Hall–Kier alpha value is -1.29. The summed E-state index contributed by atoms with van der Waals surface area (Å²) in [6, 6.07) is 3.07. The Bertz CT molecular complexity index is 303. The predicted octanol–water partition coefficient (Wildman–Crippen LogP) is 2.68. The fourth-order valence-corrected chi connectivity index (χ4v) is 1.20. The zero-order chi connectivity index (χ0) is 11.1. The molecule has 1 aromatic heterocycles. The quantitative estimate of drug-likeness (QED) is 0.706. The van der Waals surface area contributed by atoms with Crippen LogP contribution in [0.4, 0.5) is 0 Å². The minimum absolute atomic E-state index is 0.0397. The zero-order valence-electron chi connectivity index (χ0n) is 8.86. The van der Waals surface area contributed by atoms with Gasteiger partial charge in [-0.05, 0) is 18.6 Å². The lowest BCUT2D eigenvalue weighted by Gasteiger charge is -2.00. The van der Waals surface area contributed by atoms with Gasteiger partial charge in [0.15, 0.2) is 0 Å². The van der Waals surface area contributed by atoms with Crippen molar-refractivity contribution in [2.24, 2.45) is 0 Å². The van der Waals surface area contributed by atoms with Crippen molar-refractivity contribution in [2.45, 2.75) is 32.8 Å². The standard InChI is InChI=1S/C11H16O4/c1-2-3-4-7-14-8-9-5-6-10(15-9)11(12)13/h5-6H,2-4,7-8H2,1H3,(H,12,13). The Morgan fingerprint density at radius 1 is 1.47 bits per heavy atom. The van der Waals surface area contributed by atoms with Gasteiger partial charge in [-0.25, -0.2) is 4.79 Å². The van der Waals surface area contributed by atoms with Crippen LogP contribution in [0.25, 0.3) is 0 Å². The number of hydrogen-bond acceptors (Lipinski definition) is 3. The normalized spacial score (nSPS) is 10.5. The van der Waals surface area contributed by atoms with Gasteiger partial charge in [-0.2, -0.15) is 0 Å². The summed E-state index contributed by atoms with van der Waals surface area (Å²) in [4.78, 5) is 10.5. The van der Waals surface area contributed by atoms with Gasteiger partial charge in [-0.15, -0.1) is 0 Å². The molecular formula is C11H16O4. The number of furan rings is 1. The molecule has 0 aliphatic heterocycles. The van der Waals surface area contributed by atoms with E-state index in [0.29, 0.717) is 19.0 Å². The van der Waals surface area contributed by atoms with Crippen LogP contribution in [0, 0.1) is 0 Å². The molecule has 0 saturated heterocycles. The van der Waals surface area contributed by atoms with Crippen molar-refractivity contribution in [1.82, 2.24) is 0 Å². The lowest BCUT2D eigenvalue weighted by molar-refractivity contribution is 0.0646. The summed E-state index contributed by atoms with van der Waals surface area (Å²) in [5, 5.41) is 8.61. The van der Waals surface area contributed by atoms with Gasteiger partial charge in [0.1, 0.15) is 12.4 Å². The summed E-state index contributed by atoms with van der Waals surface area (Å²) in [5.41, 5.74) is 0. The first-order valence-electron chi connectivity index (χ1n) is 5.13. The van der Waals surface area contributed by atoms with E-state index in [1.165, 1.54) is 6.07 Å². The van der Waals surface area contributed by atoms with Gasteiger partial charge in [0, 0.05) is 6.61 Å². The third kappa shape index (κ3) is 4.16. The molecule has 0 aliphatic rings. The first-order valence-corrected chi connectivity index (χ1v) is 5.13. The van der Waals surface area contributed by atoms with Gasteiger partial charge in [-0.1, -0.05) is 19.8 Å². The Morgan fingerprint density at radius 2 is 2.27 bits per heavy atom. The van der Waals surface area contributed by atoms with E-state index in [1.54, 1.807) is 6.07 Å². The SMILES string of the molecule is CCCCCOCc1ccc(C(=O)O)o1. The number of unbranched alkanes of at least 4 members (excludes halogenated alkanes) is 2. The fourth-order valence-electron chi connectivity index (χ4n) is 1.20. The summed E-state index contributed by atoms with van der Waals surface area (Å²) in [6.07, 6.45) is 3.34. The third-order valence-electron chi connectivity index (χ3n) is 2.01. The maximum atomic E-state index is 10.5. The molecule has 0 radical (unpaired) electrons. The monoisotopic (exact) mass is 212 g/mol. The Labute approximate surface area is 88.8 Å². The van der Waals surface area contributed by atoms with E-state index < -0.39 is 5.97 Å². The topological polar surface area (TPSA) is 59.7 Å². The van der Waals surface area contributed by atoms with Crippen LogP contribution in [0.15, 0.2) is 16.5 Å². The van der Waals surface area contributed by atoms with E-state index in [2.05, 4.69) is 6.92 Å². The van der Waals surface area contributed by atoms with E-state index in [0.717, 1.165) is 19.3 Å². The van der Waals surface area contributed by atoms with Crippen molar-refractivity contribution in [2.75, 3.05) is 6.61 Å². The second kappa shape index (κ2) is 6.24. The van der Waals surface area contributed by atoms with Gasteiger partial charge >= 0.3 is 5.97 Å². The van der Waals surface area contributed by atoms with E-state index >= 15 is 0 Å². The number of rotatable bonds is 7. The molecule has 4 heteroatoms. The molecule has 1 rings (SSSR count). The summed E-state index contributed by atoms with van der Waals surface area (Å²) in [7, 11) is 0. The summed E-state index contributed by atoms with van der Waals surface area (Å²) < 4.78 is 10.4. The molecule has 0 amide bonds. The van der Waals surface area contributed by atoms with Crippen molar-refractivity contribution in [1.29, 1.82) is 0 Å². The van der Waals surface area contributed by atoms with E-state index in [-0.39, 0.29) is 5.76 Å². The van der Waals surface area contributed by atoms with Crippen LogP contribution in [-0.4, -0.2) is 17.7 Å². The molecule has 0 aromatic carbocycles. The number of carbonyl (C=O) groups is 1. The lowest BCUT2D eigenvalue weighted by Crippen LogP contribution is -1.95. The van der Waals surface area contributed by atoms with Crippen LogP contribution < -0.4 is 0 Å². The van der Waals surface area contributed by atoms with Crippen LogP contribution in [0.5, 0.6) is 0 Å². The number of carboxylic acids is 1.